The van der Waals surface area contributed by atoms with Crippen molar-refractivity contribution in [2.24, 2.45) is 0 Å². The third-order valence-corrected chi connectivity index (χ3v) is 9.91. The van der Waals surface area contributed by atoms with Crippen LogP contribution in [0.3, 0.4) is 0 Å². The van der Waals surface area contributed by atoms with E-state index >= 15 is 0 Å². The standard InChI is InChI=1S/C33H40ClN3O6S/c1-23-13-16-29(17-14-23)44(40,41)37(30-20-28(42-3)15-18-31(30)43-4)22-32(38)36(21-25-9-8-10-26(34)19-25)24(2)33(39)35-27-11-6-5-7-12-27/h8-10,13-20,24,27H,5-7,11-12,21-22H2,1-4H3,(H,35,39)/t24-/m1/s1. The van der Waals surface area contributed by atoms with Gasteiger partial charge in [0.05, 0.1) is 24.8 Å². The number of hydrogen-bond acceptors (Lipinski definition) is 6. The highest BCUT2D eigenvalue weighted by molar-refractivity contribution is 7.92. The second kappa shape index (κ2) is 14.8. The van der Waals surface area contributed by atoms with Gasteiger partial charge in [-0.3, -0.25) is 13.9 Å². The Morgan fingerprint density at radius 2 is 1.68 bits per heavy atom. The van der Waals surface area contributed by atoms with E-state index < -0.39 is 28.5 Å². The van der Waals surface area contributed by atoms with Gasteiger partial charge in [-0.05, 0) is 68.7 Å². The van der Waals surface area contributed by atoms with E-state index in [2.05, 4.69) is 5.32 Å². The minimum atomic E-state index is -4.28. The van der Waals surface area contributed by atoms with Crippen molar-refractivity contribution in [3.05, 3.63) is 82.9 Å². The largest absolute Gasteiger partial charge is 0.497 e. The zero-order valence-corrected chi connectivity index (χ0v) is 27.2. The summed E-state index contributed by atoms with van der Waals surface area (Å²) >= 11 is 6.25. The molecule has 0 heterocycles. The Kier molecular flexibility index (Phi) is 11.2. The lowest BCUT2D eigenvalue weighted by atomic mass is 9.95. The number of carbonyl (C=O) groups is 2. The SMILES string of the molecule is COc1ccc(OC)c(N(CC(=O)N(Cc2cccc(Cl)c2)[C@H](C)C(=O)NC2CCCCC2)S(=O)(=O)c2ccc(C)cc2)c1. The van der Waals surface area contributed by atoms with Gasteiger partial charge in [0.15, 0.2) is 0 Å². The molecule has 236 valence electrons. The molecule has 1 N–H and O–H groups in total. The molecule has 11 heteroatoms. The van der Waals surface area contributed by atoms with E-state index in [0.29, 0.717) is 16.3 Å². The number of aryl methyl sites for hydroxylation is 1. The highest BCUT2D eigenvalue weighted by atomic mass is 35.5. The maximum absolute atomic E-state index is 14.3. The van der Waals surface area contributed by atoms with Crippen molar-refractivity contribution < 1.29 is 27.5 Å². The van der Waals surface area contributed by atoms with Crippen LogP contribution < -0.4 is 19.1 Å². The van der Waals surface area contributed by atoms with Crippen LogP contribution in [-0.4, -0.2) is 58.0 Å². The lowest BCUT2D eigenvalue weighted by Crippen LogP contribution is -2.53. The molecule has 4 rings (SSSR count). The first-order chi connectivity index (χ1) is 21.0. The van der Waals surface area contributed by atoms with Crippen LogP contribution in [0.15, 0.2) is 71.6 Å². The molecule has 0 bridgehead atoms. The van der Waals surface area contributed by atoms with Crippen LogP contribution in [0, 0.1) is 6.92 Å². The van der Waals surface area contributed by atoms with Crippen LogP contribution in [-0.2, 0) is 26.2 Å². The number of carbonyl (C=O) groups excluding carboxylic acids is 2. The fraction of sp³-hybridized carbons (Fsp3) is 0.394. The summed E-state index contributed by atoms with van der Waals surface area (Å²) in [5.74, 6) is -0.247. The van der Waals surface area contributed by atoms with Gasteiger partial charge in [0.25, 0.3) is 10.0 Å². The number of methoxy groups -OCH3 is 2. The Morgan fingerprint density at radius 1 is 0.977 bits per heavy atom. The Bertz CT molecular complexity index is 1560. The Morgan fingerprint density at radius 3 is 2.32 bits per heavy atom. The van der Waals surface area contributed by atoms with Gasteiger partial charge in [-0.1, -0.05) is 60.7 Å². The molecule has 3 aromatic carbocycles. The van der Waals surface area contributed by atoms with Crippen LogP contribution in [0.2, 0.25) is 5.02 Å². The number of nitrogens with one attached hydrogen (secondary N) is 1. The molecule has 1 aliphatic rings. The lowest BCUT2D eigenvalue weighted by molar-refractivity contribution is -0.139. The molecule has 0 aromatic heterocycles. The van der Waals surface area contributed by atoms with Crippen molar-refractivity contribution in [1.29, 1.82) is 0 Å². The van der Waals surface area contributed by atoms with E-state index in [-0.39, 0.29) is 34.8 Å². The summed E-state index contributed by atoms with van der Waals surface area (Å²) in [6, 6.07) is 17.3. The predicted molar refractivity (Wildman–Crippen MR) is 172 cm³/mol. The Hall–Kier alpha value is -3.76. The van der Waals surface area contributed by atoms with Crippen LogP contribution in [0.4, 0.5) is 5.69 Å². The van der Waals surface area contributed by atoms with E-state index in [1.54, 1.807) is 49.4 Å². The molecule has 3 aromatic rings. The Balaban J connectivity index is 1.75. The number of halogens is 1. The number of ether oxygens (including phenoxy) is 2. The van der Waals surface area contributed by atoms with Gasteiger partial charge < -0.3 is 19.7 Å². The third kappa shape index (κ3) is 8.04. The molecule has 0 unspecified atom stereocenters. The fourth-order valence-electron chi connectivity index (χ4n) is 5.33. The number of anilines is 1. The van der Waals surface area contributed by atoms with Crippen molar-refractivity contribution in [3.63, 3.8) is 0 Å². The number of nitrogens with zero attached hydrogens (tertiary/aromatic N) is 2. The maximum Gasteiger partial charge on any atom is 0.264 e. The number of benzene rings is 3. The molecule has 2 amide bonds. The van der Waals surface area contributed by atoms with Gasteiger partial charge in [-0.15, -0.1) is 0 Å². The quantitative estimate of drug-likeness (QED) is 0.271. The molecule has 1 aliphatic carbocycles. The summed E-state index contributed by atoms with van der Waals surface area (Å²) in [7, 11) is -1.39. The van der Waals surface area contributed by atoms with Crippen LogP contribution in [0.5, 0.6) is 11.5 Å². The van der Waals surface area contributed by atoms with E-state index in [0.717, 1.165) is 42.0 Å². The summed E-state index contributed by atoms with van der Waals surface area (Å²) in [6.07, 6.45) is 5.00. The van der Waals surface area contributed by atoms with Crippen molar-refractivity contribution in [2.75, 3.05) is 25.1 Å². The topological polar surface area (TPSA) is 105 Å². The van der Waals surface area contributed by atoms with Crippen molar-refractivity contribution in [3.8, 4) is 11.5 Å². The first-order valence-corrected chi connectivity index (χ1v) is 16.5. The second-order valence-electron chi connectivity index (χ2n) is 11.0. The zero-order valence-electron chi connectivity index (χ0n) is 25.6. The van der Waals surface area contributed by atoms with E-state index in [4.69, 9.17) is 21.1 Å². The maximum atomic E-state index is 14.3. The van der Waals surface area contributed by atoms with Gasteiger partial charge in [0.1, 0.15) is 24.1 Å². The first kappa shape index (κ1) is 33.1. The summed E-state index contributed by atoms with van der Waals surface area (Å²) in [6.45, 7) is 2.97. The van der Waals surface area contributed by atoms with Gasteiger partial charge in [-0.2, -0.15) is 0 Å². The molecule has 1 saturated carbocycles. The molecule has 9 nitrogen and oxygen atoms in total. The first-order valence-electron chi connectivity index (χ1n) is 14.7. The van der Waals surface area contributed by atoms with Crippen LogP contribution >= 0.6 is 11.6 Å². The Labute approximate surface area is 265 Å². The van der Waals surface area contributed by atoms with Gasteiger partial charge in [-0.25, -0.2) is 8.42 Å². The van der Waals surface area contributed by atoms with Gasteiger partial charge in [0, 0.05) is 23.7 Å². The van der Waals surface area contributed by atoms with Crippen LogP contribution in [0.25, 0.3) is 0 Å². The molecular weight excluding hydrogens is 602 g/mol. The smallest absolute Gasteiger partial charge is 0.264 e. The zero-order chi connectivity index (χ0) is 31.9. The minimum absolute atomic E-state index is 0.00486. The molecule has 0 radical (unpaired) electrons. The highest BCUT2D eigenvalue weighted by Gasteiger charge is 2.34. The molecule has 1 atom stereocenters. The van der Waals surface area contributed by atoms with Gasteiger partial charge >= 0.3 is 0 Å². The average Bonchev–Trinajstić information content (AvgIpc) is 3.02. The van der Waals surface area contributed by atoms with Crippen molar-refractivity contribution >= 4 is 39.1 Å². The summed E-state index contributed by atoms with van der Waals surface area (Å²) in [4.78, 5) is 29.2. The minimum Gasteiger partial charge on any atom is -0.497 e. The third-order valence-electron chi connectivity index (χ3n) is 7.90. The van der Waals surface area contributed by atoms with Gasteiger partial charge in [0.2, 0.25) is 11.8 Å². The normalized spacial score (nSPS) is 14.4. The molecule has 44 heavy (non-hydrogen) atoms. The summed E-state index contributed by atoms with van der Waals surface area (Å²) < 4.78 is 40.3. The fourth-order valence-corrected chi connectivity index (χ4v) is 6.96. The number of hydrogen-bond donors (Lipinski definition) is 1. The monoisotopic (exact) mass is 641 g/mol. The lowest BCUT2D eigenvalue weighted by Gasteiger charge is -2.33. The predicted octanol–water partition coefficient (Wildman–Crippen LogP) is 5.73. The molecule has 0 spiro atoms. The highest BCUT2D eigenvalue weighted by Crippen LogP contribution is 2.36. The van der Waals surface area contributed by atoms with Crippen molar-refractivity contribution in [1.82, 2.24) is 10.2 Å². The molecular formula is C33H40ClN3O6S. The van der Waals surface area contributed by atoms with E-state index in [9.17, 15) is 18.0 Å². The number of amides is 2. The summed E-state index contributed by atoms with van der Waals surface area (Å²) in [5, 5.41) is 3.59. The average molecular weight is 642 g/mol. The number of sulfonamides is 1. The van der Waals surface area contributed by atoms with Crippen molar-refractivity contribution in [2.45, 2.75) is 69.5 Å². The van der Waals surface area contributed by atoms with E-state index in [1.807, 2.05) is 13.0 Å². The van der Waals surface area contributed by atoms with E-state index in [1.165, 1.54) is 37.3 Å². The molecule has 1 fully saturated rings. The summed E-state index contributed by atoms with van der Waals surface area (Å²) in [5.41, 5.74) is 1.72. The molecule has 0 saturated heterocycles. The molecule has 0 aliphatic heterocycles. The van der Waals surface area contributed by atoms with Crippen LogP contribution in [0.1, 0.15) is 50.2 Å². The second-order valence-corrected chi connectivity index (χ2v) is 13.3. The number of rotatable bonds is 12.